The summed E-state index contributed by atoms with van der Waals surface area (Å²) >= 11 is 3.04. The van der Waals surface area contributed by atoms with Gasteiger partial charge in [-0.15, -0.1) is 22.0 Å². The van der Waals surface area contributed by atoms with Gasteiger partial charge in [-0.3, -0.25) is 10.1 Å². The lowest BCUT2D eigenvalue weighted by molar-refractivity contribution is -0.112. The minimum Gasteiger partial charge on any atom is -0.490 e. The molecular formula is C26H28N4O3S2. The van der Waals surface area contributed by atoms with E-state index >= 15 is 0 Å². The number of carbonyl (C=O) groups is 1. The first-order valence-electron chi connectivity index (χ1n) is 11.4. The average molecular weight is 509 g/mol. The molecule has 0 bridgehead atoms. The fourth-order valence-electron chi connectivity index (χ4n) is 3.05. The number of aromatic nitrogens is 2. The minimum atomic E-state index is -0.530. The number of nitrogens with zero attached hydrogens (tertiary/aromatic N) is 3. The van der Waals surface area contributed by atoms with E-state index in [0.29, 0.717) is 35.4 Å². The van der Waals surface area contributed by atoms with Crippen molar-refractivity contribution in [2.45, 2.75) is 38.5 Å². The van der Waals surface area contributed by atoms with Crippen LogP contribution in [-0.2, 0) is 11.2 Å². The number of ether oxygens (including phenoxy) is 2. The van der Waals surface area contributed by atoms with E-state index in [9.17, 15) is 10.1 Å². The third kappa shape index (κ3) is 8.12. The fraction of sp³-hybridized carbons (Fsp3) is 0.308. The Kier molecular flexibility index (Phi) is 10.1. The molecule has 1 aromatic heterocycles. The molecule has 0 saturated carbocycles. The number of nitrogens with one attached hydrogen (secondary N) is 1. The van der Waals surface area contributed by atoms with Crippen LogP contribution >= 0.6 is 23.1 Å². The van der Waals surface area contributed by atoms with Gasteiger partial charge in [0.15, 0.2) is 11.5 Å². The summed E-state index contributed by atoms with van der Waals surface area (Å²) in [6.45, 7) is 6.99. The highest BCUT2D eigenvalue weighted by Gasteiger charge is 2.14. The van der Waals surface area contributed by atoms with Crippen molar-refractivity contribution in [2.24, 2.45) is 0 Å². The van der Waals surface area contributed by atoms with E-state index in [0.717, 1.165) is 23.6 Å². The van der Waals surface area contributed by atoms with Crippen LogP contribution in [0.3, 0.4) is 0 Å². The summed E-state index contributed by atoms with van der Waals surface area (Å²) in [6.07, 6.45) is 3.26. The Morgan fingerprint density at radius 3 is 2.66 bits per heavy atom. The number of benzene rings is 2. The first-order chi connectivity index (χ1) is 17.0. The van der Waals surface area contributed by atoms with Crippen LogP contribution in [0.5, 0.6) is 11.5 Å². The van der Waals surface area contributed by atoms with Crippen molar-refractivity contribution in [1.82, 2.24) is 10.2 Å². The highest BCUT2D eigenvalue weighted by molar-refractivity contribution is 7.99. The topological polar surface area (TPSA) is 97.1 Å². The molecule has 0 unspecified atom stereocenters. The summed E-state index contributed by atoms with van der Waals surface area (Å²) in [5.41, 5.74) is 1.85. The van der Waals surface area contributed by atoms with Crippen LogP contribution in [0.1, 0.15) is 36.4 Å². The van der Waals surface area contributed by atoms with E-state index in [1.165, 1.54) is 27.9 Å². The highest BCUT2D eigenvalue weighted by atomic mass is 32.2. The molecule has 0 radical (unpaired) electrons. The smallest absolute Gasteiger partial charge is 0.268 e. The van der Waals surface area contributed by atoms with Gasteiger partial charge in [-0.05, 0) is 56.2 Å². The van der Waals surface area contributed by atoms with Gasteiger partial charge in [0.05, 0.1) is 13.2 Å². The third-order valence-corrected chi connectivity index (χ3v) is 6.60. The number of anilines is 1. The van der Waals surface area contributed by atoms with Crippen molar-refractivity contribution in [3.05, 3.63) is 64.2 Å². The second-order valence-corrected chi connectivity index (χ2v) is 9.75. The third-order valence-electron chi connectivity index (χ3n) is 4.73. The van der Waals surface area contributed by atoms with Gasteiger partial charge in [-0.1, -0.05) is 42.0 Å². The normalized spacial score (nSPS) is 11.1. The lowest BCUT2D eigenvalue weighted by atomic mass is 10.1. The molecule has 0 spiro atoms. The summed E-state index contributed by atoms with van der Waals surface area (Å²) in [7, 11) is 0. The number of carbonyl (C=O) groups excluding carboxylic acids is 1. The van der Waals surface area contributed by atoms with Crippen molar-refractivity contribution >= 4 is 40.2 Å². The van der Waals surface area contributed by atoms with Crippen LogP contribution in [0, 0.1) is 18.3 Å². The number of rotatable bonds is 12. The van der Waals surface area contributed by atoms with Gasteiger partial charge in [-0.25, -0.2) is 0 Å². The number of hydrogen-bond acceptors (Lipinski definition) is 8. The van der Waals surface area contributed by atoms with Crippen molar-refractivity contribution in [3.8, 4) is 17.6 Å². The Bertz CT molecular complexity index is 1200. The predicted octanol–water partition coefficient (Wildman–Crippen LogP) is 5.91. The van der Waals surface area contributed by atoms with Crippen molar-refractivity contribution < 1.29 is 14.3 Å². The summed E-state index contributed by atoms with van der Waals surface area (Å²) < 4.78 is 11.7. The van der Waals surface area contributed by atoms with E-state index in [4.69, 9.17) is 9.47 Å². The Morgan fingerprint density at radius 2 is 1.94 bits per heavy atom. The van der Waals surface area contributed by atoms with E-state index in [1.807, 2.05) is 19.9 Å². The van der Waals surface area contributed by atoms with Gasteiger partial charge < -0.3 is 9.47 Å². The summed E-state index contributed by atoms with van der Waals surface area (Å²) in [5, 5.41) is 21.4. The van der Waals surface area contributed by atoms with Crippen molar-refractivity contribution in [2.75, 3.05) is 24.3 Å². The molecule has 0 fully saturated rings. The lowest BCUT2D eigenvalue weighted by Crippen LogP contribution is -2.13. The van der Waals surface area contributed by atoms with E-state index < -0.39 is 5.91 Å². The highest BCUT2D eigenvalue weighted by Crippen LogP contribution is 2.30. The maximum Gasteiger partial charge on any atom is 0.268 e. The van der Waals surface area contributed by atoms with Crippen LogP contribution in [-0.4, -0.2) is 35.1 Å². The molecule has 0 aliphatic carbocycles. The standard InChI is InChI=1S/C26H28N4O3S2/c1-4-6-24-29-30-26(35-24)28-25(31)20(17-27)15-19-9-12-22(23(16-19)32-5-2)33-13-14-34-21-10-7-18(3)8-11-21/h7-12,15-16H,4-6,13-14H2,1-3H3,(H,28,30,31)/b20-15-. The molecule has 1 amide bonds. The molecule has 0 aliphatic heterocycles. The Hall–Kier alpha value is -3.35. The monoisotopic (exact) mass is 508 g/mol. The number of hydrogen-bond donors (Lipinski definition) is 1. The first-order valence-corrected chi connectivity index (χ1v) is 13.2. The van der Waals surface area contributed by atoms with Crippen LogP contribution < -0.4 is 14.8 Å². The van der Waals surface area contributed by atoms with Crippen LogP contribution in [0.15, 0.2) is 52.9 Å². The van der Waals surface area contributed by atoms with Crippen molar-refractivity contribution in [3.63, 3.8) is 0 Å². The van der Waals surface area contributed by atoms with Gasteiger partial charge in [0.2, 0.25) is 5.13 Å². The van der Waals surface area contributed by atoms with Gasteiger partial charge in [0.1, 0.15) is 16.6 Å². The van der Waals surface area contributed by atoms with Crippen LogP contribution in [0.2, 0.25) is 0 Å². The zero-order chi connectivity index (χ0) is 25.0. The van der Waals surface area contributed by atoms with Gasteiger partial charge in [0, 0.05) is 17.1 Å². The number of nitriles is 1. The second-order valence-electron chi connectivity index (χ2n) is 7.52. The molecule has 1 heterocycles. The van der Waals surface area contributed by atoms with Gasteiger partial charge in [0.25, 0.3) is 5.91 Å². The van der Waals surface area contributed by atoms with E-state index in [-0.39, 0.29) is 5.57 Å². The van der Waals surface area contributed by atoms with Gasteiger partial charge in [-0.2, -0.15) is 5.26 Å². The quantitative estimate of drug-likeness (QED) is 0.140. The van der Waals surface area contributed by atoms with Crippen LogP contribution in [0.4, 0.5) is 5.13 Å². The number of amides is 1. The molecule has 2 aromatic carbocycles. The molecule has 0 atom stereocenters. The maximum atomic E-state index is 12.6. The molecule has 9 heteroatoms. The van der Waals surface area contributed by atoms with Gasteiger partial charge >= 0.3 is 0 Å². The lowest BCUT2D eigenvalue weighted by Gasteiger charge is -2.13. The summed E-state index contributed by atoms with van der Waals surface area (Å²) in [6, 6.07) is 15.7. The fourth-order valence-corrected chi connectivity index (χ4v) is 4.61. The first kappa shape index (κ1) is 26.3. The number of thioether (sulfide) groups is 1. The maximum absolute atomic E-state index is 12.6. The molecule has 1 N–H and O–H groups in total. The number of aryl methyl sites for hydroxylation is 2. The summed E-state index contributed by atoms with van der Waals surface area (Å²) in [5.74, 6) is 1.44. The van der Waals surface area contributed by atoms with E-state index in [1.54, 1.807) is 30.0 Å². The second kappa shape index (κ2) is 13.5. The van der Waals surface area contributed by atoms with Crippen molar-refractivity contribution in [1.29, 1.82) is 5.26 Å². The zero-order valence-electron chi connectivity index (χ0n) is 20.0. The Morgan fingerprint density at radius 1 is 1.14 bits per heavy atom. The molecule has 3 aromatic rings. The largest absolute Gasteiger partial charge is 0.490 e. The molecular weight excluding hydrogens is 480 g/mol. The SMILES string of the molecule is CCCc1nnc(NC(=O)/C(C#N)=C\c2ccc(OCCSc3ccc(C)cc3)c(OCC)c2)s1. The molecule has 182 valence electrons. The molecule has 3 rings (SSSR count). The summed E-state index contributed by atoms with van der Waals surface area (Å²) in [4.78, 5) is 13.8. The molecule has 0 saturated heterocycles. The van der Waals surface area contributed by atoms with Crippen LogP contribution in [0.25, 0.3) is 6.08 Å². The zero-order valence-corrected chi connectivity index (χ0v) is 21.7. The predicted molar refractivity (Wildman–Crippen MR) is 141 cm³/mol. The Labute approximate surface area is 214 Å². The molecule has 7 nitrogen and oxygen atoms in total. The Balaban J connectivity index is 1.64. The average Bonchev–Trinajstić information content (AvgIpc) is 3.29. The van der Waals surface area contributed by atoms with E-state index in [2.05, 4.69) is 46.7 Å². The molecule has 35 heavy (non-hydrogen) atoms. The molecule has 0 aliphatic rings. The minimum absolute atomic E-state index is 0.0390.